The maximum Gasteiger partial charge on any atom is 0.419 e. The second-order valence-corrected chi connectivity index (χ2v) is 16.7. The number of carbonyl (C=O) groups excluding carboxylic acids is 2. The first-order chi connectivity index (χ1) is 32.5. The van der Waals surface area contributed by atoms with E-state index in [-0.39, 0.29) is 48.7 Å². The number of carbonyl (C=O) groups is 3. The molecular weight excluding hydrogens is 912 g/mol. The van der Waals surface area contributed by atoms with Gasteiger partial charge in [0.05, 0.1) is 50.1 Å². The predicted molar refractivity (Wildman–Crippen MR) is 219 cm³/mol. The zero-order valence-electron chi connectivity index (χ0n) is 36.3. The van der Waals surface area contributed by atoms with E-state index in [1.165, 1.54) is 26.4 Å². The highest BCUT2D eigenvalue weighted by Gasteiger charge is 2.56. The minimum atomic E-state index is -2.05. The van der Waals surface area contributed by atoms with Gasteiger partial charge in [-0.05, 0) is 53.9 Å². The summed E-state index contributed by atoms with van der Waals surface area (Å²) < 4.78 is 69.3. The molecule has 366 valence electrons. The van der Waals surface area contributed by atoms with Gasteiger partial charge >= 0.3 is 18.0 Å². The van der Waals surface area contributed by atoms with Crippen molar-refractivity contribution < 1.29 is 107 Å². The summed E-state index contributed by atoms with van der Waals surface area (Å²) in [7, 11) is 3.70. The molecule has 1 amide bonds. The van der Waals surface area contributed by atoms with Crippen LogP contribution in [0.5, 0.6) is 34.5 Å². The third-order valence-corrected chi connectivity index (χ3v) is 12.8. The molecule has 0 radical (unpaired) electrons. The number of hydrogen-bond donors (Lipinski definition) is 6. The average Bonchev–Trinajstić information content (AvgIpc) is 3.95. The van der Waals surface area contributed by atoms with E-state index in [9.17, 15) is 55.1 Å². The van der Waals surface area contributed by atoms with Gasteiger partial charge in [0.15, 0.2) is 41.7 Å². The maximum atomic E-state index is 14.0. The quantitative estimate of drug-likeness (QED) is 0.0863. The molecule has 9 rings (SSSR count). The predicted octanol–water partition coefficient (Wildman–Crippen LogP) is 0.447. The van der Waals surface area contributed by atoms with E-state index in [0.29, 0.717) is 28.2 Å². The molecule has 6 N–H and O–H groups in total. The molecule has 3 aromatic rings. The Balaban J connectivity index is 1.04. The fourth-order valence-electron chi connectivity index (χ4n) is 9.33. The summed E-state index contributed by atoms with van der Waals surface area (Å²) in [5.41, 5.74) is 0.550. The van der Waals surface area contributed by atoms with E-state index in [0.717, 1.165) is 30.1 Å². The number of non-ortho nitro benzene ring substituents is 1. The van der Waals surface area contributed by atoms with Crippen LogP contribution in [0.2, 0.25) is 0 Å². The van der Waals surface area contributed by atoms with E-state index in [4.69, 9.17) is 56.8 Å². The molecule has 1 aliphatic carbocycles. The number of ether oxygens (including phenoxy) is 12. The summed E-state index contributed by atoms with van der Waals surface area (Å²) in [6.07, 6.45) is -19.0. The lowest BCUT2D eigenvalue weighted by atomic mass is 9.66. The lowest BCUT2D eigenvalue weighted by Gasteiger charge is -2.47. The zero-order valence-corrected chi connectivity index (χ0v) is 36.3. The van der Waals surface area contributed by atoms with Crippen LogP contribution in [0.4, 0.5) is 16.2 Å². The number of fused-ring (bicyclic) bond motifs is 4. The Morgan fingerprint density at radius 1 is 0.809 bits per heavy atom. The average molecular weight is 959 g/mol. The molecular formula is C43H46N2O23. The Kier molecular flexibility index (Phi) is 12.7. The number of amides is 1. The number of nitro benzene ring substituents is 1. The minimum Gasteiger partial charge on any atom is -0.493 e. The minimum absolute atomic E-state index is 0.0518. The summed E-state index contributed by atoms with van der Waals surface area (Å²) in [5, 5.41) is 74.8. The van der Waals surface area contributed by atoms with Crippen LogP contribution in [0.1, 0.15) is 35.6 Å². The Bertz CT molecular complexity index is 2440. The lowest BCUT2D eigenvalue weighted by Crippen LogP contribution is -2.63. The lowest BCUT2D eigenvalue weighted by molar-refractivity contribution is -0.384. The molecule has 8 unspecified atom stereocenters. The number of methoxy groups -OCH3 is 2. The summed E-state index contributed by atoms with van der Waals surface area (Å²) in [6, 6.07) is 9.34. The number of cyclic esters (lactones) is 1. The van der Waals surface area contributed by atoms with Gasteiger partial charge in [-0.25, -0.2) is 9.59 Å². The summed E-state index contributed by atoms with van der Waals surface area (Å²) in [6.45, 7) is 1.49. The van der Waals surface area contributed by atoms with Crippen LogP contribution in [0.3, 0.4) is 0 Å². The molecule has 5 aliphatic heterocycles. The number of anilines is 1. The molecule has 0 saturated carbocycles. The van der Waals surface area contributed by atoms with E-state index in [1.54, 1.807) is 19.1 Å². The van der Waals surface area contributed by atoms with Crippen LogP contribution in [0.25, 0.3) is 0 Å². The maximum absolute atomic E-state index is 14.0. The van der Waals surface area contributed by atoms with Gasteiger partial charge in [-0.1, -0.05) is 0 Å². The molecule has 4 fully saturated rings. The Labute approximate surface area is 384 Å². The van der Waals surface area contributed by atoms with Crippen LogP contribution < -0.4 is 33.3 Å². The summed E-state index contributed by atoms with van der Waals surface area (Å²) in [5.74, 6) is -4.91. The van der Waals surface area contributed by atoms with Crippen molar-refractivity contribution in [3.8, 4) is 34.5 Å². The van der Waals surface area contributed by atoms with Crippen molar-refractivity contribution in [1.82, 2.24) is 0 Å². The largest absolute Gasteiger partial charge is 0.493 e. The highest BCUT2D eigenvalue weighted by molar-refractivity contribution is 5.92. The first-order valence-electron chi connectivity index (χ1n) is 21.1. The Morgan fingerprint density at radius 3 is 2.15 bits per heavy atom. The van der Waals surface area contributed by atoms with Crippen molar-refractivity contribution in [2.45, 2.75) is 86.6 Å². The van der Waals surface area contributed by atoms with Crippen molar-refractivity contribution in [3.63, 3.8) is 0 Å². The molecule has 0 aromatic heterocycles. The Hall–Kier alpha value is -6.13. The highest BCUT2D eigenvalue weighted by Crippen LogP contribution is 2.57. The Morgan fingerprint density at radius 2 is 1.49 bits per heavy atom. The topological polar surface area (TPSA) is 330 Å². The first kappa shape index (κ1) is 47.0. The molecule has 4 saturated heterocycles. The van der Waals surface area contributed by atoms with Crippen molar-refractivity contribution in [1.29, 1.82) is 0 Å². The molecule has 0 spiro atoms. The molecule has 15 atom stereocenters. The number of rotatable bonds is 11. The van der Waals surface area contributed by atoms with Crippen LogP contribution in [0.15, 0.2) is 42.5 Å². The van der Waals surface area contributed by atoms with Gasteiger partial charge < -0.3 is 87.5 Å². The molecule has 6 aliphatic rings. The monoisotopic (exact) mass is 958 g/mol. The fraction of sp³-hybridized carbons (Fsp3) is 0.512. The van der Waals surface area contributed by atoms with Gasteiger partial charge in [-0.3, -0.25) is 19.8 Å². The first-order valence-corrected chi connectivity index (χ1v) is 21.1. The standard InChI is InChI=1S/C43H46N2O23/c1-15-59-13-27-37(63-15)32(48)34(50)42(65-27)66-35-19-11-24-23(61-14-62-24)10-18(19)28(29-20(35)12-60-40(29)53)16-7-25(57-3)36(26(8-16)58-4)68-43(54)44(2)21-9-17(45(55)56)5-6-22(21)64-41-33(49)30(46)31(47)38(67-41)39(51)52/h5-11,15,20,27-35,37-38,41-42,46-50H,12-14H2,1-4H3,(H,51,52)/t15?,20-,27?,28+,29-,30?,31+,32?,33+,34?,35?,37-,38?,41+,42?/m0/s1. The molecule has 25 nitrogen and oxygen atoms in total. The third-order valence-electron chi connectivity index (χ3n) is 12.8. The zero-order chi connectivity index (χ0) is 48.5. The van der Waals surface area contributed by atoms with E-state index >= 15 is 0 Å². The number of esters is 1. The number of nitrogens with zero attached hydrogens (tertiary/aromatic N) is 2. The smallest absolute Gasteiger partial charge is 0.419 e. The number of hydrogen-bond acceptors (Lipinski definition) is 22. The normalized spacial score (nSPS) is 33.5. The van der Waals surface area contributed by atoms with E-state index in [2.05, 4.69) is 0 Å². The van der Waals surface area contributed by atoms with Gasteiger partial charge in [0.25, 0.3) is 5.69 Å². The summed E-state index contributed by atoms with van der Waals surface area (Å²) in [4.78, 5) is 51.5. The van der Waals surface area contributed by atoms with Gasteiger partial charge in [-0.15, -0.1) is 0 Å². The fourth-order valence-corrected chi connectivity index (χ4v) is 9.33. The molecule has 0 bridgehead atoms. The number of aliphatic carboxylic acids is 1. The number of nitro groups is 1. The van der Waals surface area contributed by atoms with Crippen LogP contribution in [0, 0.1) is 22.0 Å². The number of aliphatic hydroxyl groups is 5. The number of carboxylic acid groups (broad SMARTS) is 1. The van der Waals surface area contributed by atoms with E-state index < -0.39 is 120 Å². The molecule has 68 heavy (non-hydrogen) atoms. The van der Waals surface area contributed by atoms with Gasteiger partial charge in [0.1, 0.15) is 48.5 Å². The molecule has 3 aromatic carbocycles. The summed E-state index contributed by atoms with van der Waals surface area (Å²) >= 11 is 0. The van der Waals surface area contributed by atoms with Crippen molar-refractivity contribution >= 4 is 29.4 Å². The number of carboxylic acids is 1. The van der Waals surface area contributed by atoms with Crippen LogP contribution >= 0.6 is 0 Å². The van der Waals surface area contributed by atoms with Crippen LogP contribution in [-0.2, 0) is 38.0 Å². The second kappa shape index (κ2) is 18.4. The van der Waals surface area contributed by atoms with Crippen molar-refractivity contribution in [2.24, 2.45) is 11.8 Å². The molecule has 5 heterocycles. The van der Waals surface area contributed by atoms with Crippen LogP contribution in [-0.4, -0.2) is 163 Å². The van der Waals surface area contributed by atoms with Gasteiger partial charge in [0, 0.05) is 31.0 Å². The van der Waals surface area contributed by atoms with Gasteiger partial charge in [-0.2, -0.15) is 0 Å². The highest BCUT2D eigenvalue weighted by atomic mass is 16.8. The molecule has 25 heteroatoms. The number of benzene rings is 3. The SMILES string of the molecule is COc1cc([C@@H]2c3cc4c(cc3C(OC3OC5COC(C)O[C@@H]5C(O)C3O)[C@H]3COC(=O)[C@H]23)OCO4)cc(OC)c1OC(=O)N(C)c1cc([N+](=O)[O-])ccc1O[C@@H]1OC(C(=O)O)[C@H](O)C(O)[C@H]1O. The van der Waals surface area contributed by atoms with Crippen molar-refractivity contribution in [2.75, 3.05) is 46.2 Å². The second-order valence-electron chi connectivity index (χ2n) is 16.7. The van der Waals surface area contributed by atoms with Gasteiger partial charge in [0.2, 0.25) is 18.8 Å². The third kappa shape index (κ3) is 8.22. The van der Waals surface area contributed by atoms with Crippen molar-refractivity contribution in [3.05, 3.63) is 69.3 Å². The van der Waals surface area contributed by atoms with E-state index in [1.807, 2.05) is 0 Å². The number of aliphatic hydroxyl groups excluding tert-OH is 5.